The lowest BCUT2D eigenvalue weighted by Crippen LogP contribution is -1.99. The van der Waals surface area contributed by atoms with E-state index in [0.29, 0.717) is 18.9 Å². The molecule has 1 aliphatic rings. The Morgan fingerprint density at radius 1 is 1.10 bits per heavy atom. The number of nitrogens with two attached hydrogens (primary N) is 1. The van der Waals surface area contributed by atoms with Crippen LogP contribution in [0.15, 0.2) is 30.3 Å². The molecule has 1 aromatic carbocycles. The number of aryl methyl sites for hydroxylation is 1. The van der Waals surface area contributed by atoms with Crippen LogP contribution in [0.3, 0.4) is 0 Å². The first-order chi connectivity index (χ1) is 9.72. The van der Waals surface area contributed by atoms with Crippen LogP contribution in [-0.4, -0.2) is 18.2 Å². The Morgan fingerprint density at radius 3 is 2.70 bits per heavy atom. The van der Waals surface area contributed by atoms with Crippen LogP contribution in [0.25, 0.3) is 0 Å². The molecule has 0 aliphatic carbocycles. The van der Waals surface area contributed by atoms with Gasteiger partial charge in [0.1, 0.15) is 5.82 Å². The number of fused-ring (bicyclic) bond motifs is 1. The largest absolute Gasteiger partial charge is 0.490 e. The van der Waals surface area contributed by atoms with E-state index in [1.807, 2.05) is 37.3 Å². The van der Waals surface area contributed by atoms with Crippen LogP contribution in [0, 0.1) is 6.92 Å². The summed E-state index contributed by atoms with van der Waals surface area (Å²) in [4.78, 5) is 4.39. The minimum Gasteiger partial charge on any atom is -0.490 e. The summed E-state index contributed by atoms with van der Waals surface area (Å²) in [5, 5.41) is 3.24. The molecular weight excluding hydrogens is 254 g/mol. The average molecular weight is 271 g/mol. The van der Waals surface area contributed by atoms with Gasteiger partial charge in [0.25, 0.3) is 0 Å². The van der Waals surface area contributed by atoms with E-state index in [1.54, 1.807) is 0 Å². The molecule has 0 unspecified atom stereocenters. The van der Waals surface area contributed by atoms with Gasteiger partial charge in [0.2, 0.25) is 0 Å². The first-order valence-electron chi connectivity index (χ1n) is 6.62. The summed E-state index contributed by atoms with van der Waals surface area (Å²) >= 11 is 0. The van der Waals surface area contributed by atoms with Crippen molar-refractivity contribution in [1.29, 1.82) is 0 Å². The maximum Gasteiger partial charge on any atom is 0.163 e. The average Bonchev–Trinajstić information content (AvgIpc) is 2.68. The zero-order valence-electron chi connectivity index (χ0n) is 11.3. The Bertz CT molecular complexity index is 629. The summed E-state index contributed by atoms with van der Waals surface area (Å²) in [6.45, 7) is 3.25. The number of rotatable bonds is 2. The smallest absolute Gasteiger partial charge is 0.163 e. The summed E-state index contributed by atoms with van der Waals surface area (Å²) in [6, 6.07) is 9.47. The highest BCUT2D eigenvalue weighted by Crippen LogP contribution is 2.33. The van der Waals surface area contributed by atoms with Crippen LogP contribution in [0.4, 0.5) is 17.2 Å². The van der Waals surface area contributed by atoms with Crippen LogP contribution in [0.2, 0.25) is 0 Å². The third kappa shape index (κ3) is 2.61. The molecule has 0 amide bonds. The van der Waals surface area contributed by atoms with Gasteiger partial charge in [-0.1, -0.05) is 0 Å². The van der Waals surface area contributed by atoms with Gasteiger partial charge < -0.3 is 20.5 Å². The van der Waals surface area contributed by atoms with Gasteiger partial charge in [-0.25, -0.2) is 4.98 Å². The molecule has 1 aliphatic heterocycles. The van der Waals surface area contributed by atoms with Crippen molar-refractivity contribution in [2.45, 2.75) is 13.3 Å². The maximum absolute atomic E-state index is 5.76. The number of benzene rings is 1. The highest BCUT2D eigenvalue weighted by atomic mass is 16.5. The molecule has 0 saturated carbocycles. The van der Waals surface area contributed by atoms with E-state index in [0.717, 1.165) is 35.1 Å². The monoisotopic (exact) mass is 271 g/mol. The standard InChI is InChI=1S/C15H17N3O2/c1-10-12(16)4-6-15(17-10)18-11-3-5-13-14(9-11)20-8-2-7-19-13/h3-6,9H,2,7-8,16H2,1H3,(H,17,18). The van der Waals surface area contributed by atoms with E-state index >= 15 is 0 Å². The van der Waals surface area contributed by atoms with Gasteiger partial charge >= 0.3 is 0 Å². The second kappa shape index (κ2) is 5.28. The zero-order chi connectivity index (χ0) is 13.9. The maximum atomic E-state index is 5.76. The highest BCUT2D eigenvalue weighted by Gasteiger charge is 2.11. The van der Waals surface area contributed by atoms with Crippen LogP contribution < -0.4 is 20.5 Å². The normalized spacial score (nSPS) is 13.7. The number of pyridine rings is 1. The fourth-order valence-electron chi connectivity index (χ4n) is 2.03. The SMILES string of the molecule is Cc1nc(Nc2ccc3c(c2)OCCCO3)ccc1N. The minimum atomic E-state index is 0.676. The van der Waals surface area contributed by atoms with Gasteiger partial charge in [-0.15, -0.1) is 0 Å². The van der Waals surface area contributed by atoms with Crippen molar-refractivity contribution < 1.29 is 9.47 Å². The summed E-state index contributed by atoms with van der Waals surface area (Å²) in [5.41, 5.74) is 8.17. The molecule has 20 heavy (non-hydrogen) atoms. The second-order valence-electron chi connectivity index (χ2n) is 4.71. The number of hydrogen-bond acceptors (Lipinski definition) is 5. The fourth-order valence-corrected chi connectivity index (χ4v) is 2.03. The predicted molar refractivity (Wildman–Crippen MR) is 78.7 cm³/mol. The molecule has 5 heteroatoms. The Labute approximate surface area is 117 Å². The van der Waals surface area contributed by atoms with Crippen LogP contribution in [0.1, 0.15) is 12.1 Å². The Balaban J connectivity index is 1.83. The molecule has 0 fully saturated rings. The summed E-state index contributed by atoms with van der Waals surface area (Å²) in [7, 11) is 0. The highest BCUT2D eigenvalue weighted by molar-refractivity contribution is 5.62. The lowest BCUT2D eigenvalue weighted by molar-refractivity contribution is 0.297. The molecule has 104 valence electrons. The molecular formula is C15H17N3O2. The van der Waals surface area contributed by atoms with Crippen LogP contribution in [0.5, 0.6) is 11.5 Å². The molecule has 0 radical (unpaired) electrons. The van der Waals surface area contributed by atoms with Crippen molar-refractivity contribution in [1.82, 2.24) is 4.98 Å². The molecule has 0 bridgehead atoms. The van der Waals surface area contributed by atoms with Crippen molar-refractivity contribution in [2.24, 2.45) is 0 Å². The van der Waals surface area contributed by atoms with Crippen LogP contribution in [-0.2, 0) is 0 Å². The Hall–Kier alpha value is -2.43. The van der Waals surface area contributed by atoms with Gasteiger partial charge in [-0.05, 0) is 31.2 Å². The van der Waals surface area contributed by atoms with E-state index in [-0.39, 0.29) is 0 Å². The third-order valence-electron chi connectivity index (χ3n) is 3.15. The van der Waals surface area contributed by atoms with Gasteiger partial charge in [0, 0.05) is 18.2 Å². The van der Waals surface area contributed by atoms with Crippen LogP contribution >= 0.6 is 0 Å². The summed E-state index contributed by atoms with van der Waals surface area (Å²) in [5.74, 6) is 2.31. The molecule has 5 nitrogen and oxygen atoms in total. The summed E-state index contributed by atoms with van der Waals surface area (Å²) in [6.07, 6.45) is 0.899. The van der Waals surface area contributed by atoms with Crippen molar-refractivity contribution in [3.05, 3.63) is 36.0 Å². The molecule has 1 aromatic heterocycles. The number of anilines is 3. The molecule has 3 N–H and O–H groups in total. The Morgan fingerprint density at radius 2 is 1.90 bits per heavy atom. The molecule has 2 heterocycles. The molecule has 2 aromatic rings. The van der Waals surface area contributed by atoms with Crippen molar-refractivity contribution in [3.8, 4) is 11.5 Å². The number of ether oxygens (including phenoxy) is 2. The van der Waals surface area contributed by atoms with E-state index in [2.05, 4.69) is 10.3 Å². The first kappa shape index (κ1) is 12.6. The second-order valence-corrected chi connectivity index (χ2v) is 4.71. The van der Waals surface area contributed by atoms with Crippen molar-refractivity contribution in [3.63, 3.8) is 0 Å². The number of nitrogens with one attached hydrogen (secondary N) is 1. The van der Waals surface area contributed by atoms with Gasteiger partial charge in [0.05, 0.1) is 24.6 Å². The van der Waals surface area contributed by atoms with Gasteiger partial charge in [-0.3, -0.25) is 0 Å². The zero-order valence-corrected chi connectivity index (χ0v) is 11.3. The van der Waals surface area contributed by atoms with Crippen molar-refractivity contribution >= 4 is 17.2 Å². The lowest BCUT2D eigenvalue weighted by Gasteiger charge is -2.11. The lowest BCUT2D eigenvalue weighted by atomic mass is 10.2. The molecule has 0 atom stereocenters. The third-order valence-corrected chi connectivity index (χ3v) is 3.15. The van der Waals surface area contributed by atoms with Gasteiger partial charge in [0.15, 0.2) is 11.5 Å². The fraction of sp³-hybridized carbons (Fsp3) is 0.267. The quantitative estimate of drug-likeness (QED) is 0.879. The number of aromatic nitrogens is 1. The van der Waals surface area contributed by atoms with E-state index in [4.69, 9.17) is 15.2 Å². The number of nitrogen functional groups attached to an aromatic ring is 1. The van der Waals surface area contributed by atoms with Crippen molar-refractivity contribution in [2.75, 3.05) is 24.3 Å². The molecule has 3 rings (SSSR count). The minimum absolute atomic E-state index is 0.676. The molecule has 0 spiro atoms. The van der Waals surface area contributed by atoms with Gasteiger partial charge in [-0.2, -0.15) is 0 Å². The first-order valence-corrected chi connectivity index (χ1v) is 6.62. The summed E-state index contributed by atoms with van der Waals surface area (Å²) < 4.78 is 11.3. The Kier molecular flexibility index (Phi) is 3.33. The number of hydrogen-bond donors (Lipinski definition) is 2. The topological polar surface area (TPSA) is 69.4 Å². The van der Waals surface area contributed by atoms with E-state index in [9.17, 15) is 0 Å². The van der Waals surface area contributed by atoms with E-state index < -0.39 is 0 Å². The van der Waals surface area contributed by atoms with E-state index in [1.165, 1.54) is 0 Å². The number of nitrogens with zero attached hydrogens (tertiary/aromatic N) is 1. The molecule has 0 saturated heterocycles. The predicted octanol–water partition coefficient (Wildman–Crippen LogP) is 2.88.